The quantitative estimate of drug-likeness (QED) is 0.626. The number of hydrogen-bond acceptors (Lipinski definition) is 4. The Morgan fingerprint density at radius 2 is 1.41 bits per heavy atom. The molecule has 4 nitrogen and oxygen atoms in total. The predicted octanol–water partition coefficient (Wildman–Crippen LogP) is 3.47. The molecule has 0 aliphatic heterocycles. The Morgan fingerprint density at radius 1 is 0.864 bits per heavy atom. The molecule has 4 heteroatoms. The van der Waals surface area contributed by atoms with E-state index in [0.29, 0.717) is 11.1 Å². The zero-order chi connectivity index (χ0) is 16.1. The fourth-order valence-corrected chi connectivity index (χ4v) is 2.18. The predicted molar refractivity (Wildman–Crippen MR) is 83.5 cm³/mol. The van der Waals surface area contributed by atoms with E-state index in [0.717, 1.165) is 11.3 Å². The van der Waals surface area contributed by atoms with E-state index in [9.17, 15) is 9.59 Å². The number of Topliss-reactive ketones (excluding diaryl/α,β-unsaturated/α-hetero) is 1. The summed E-state index contributed by atoms with van der Waals surface area (Å²) in [6, 6.07) is 13.9. The van der Waals surface area contributed by atoms with Crippen LogP contribution in [0.3, 0.4) is 0 Å². The van der Waals surface area contributed by atoms with Gasteiger partial charge in [-0.3, -0.25) is 4.79 Å². The van der Waals surface area contributed by atoms with Gasteiger partial charge in [-0.2, -0.15) is 0 Å². The van der Waals surface area contributed by atoms with Gasteiger partial charge < -0.3 is 9.47 Å². The van der Waals surface area contributed by atoms with Gasteiger partial charge in [0.2, 0.25) is 0 Å². The van der Waals surface area contributed by atoms with Gasteiger partial charge in [-0.05, 0) is 29.8 Å². The highest BCUT2D eigenvalue weighted by Crippen LogP contribution is 2.23. The SMILES string of the molecule is COC(=O)c1ccc(C(=O)C(C)c2ccc(OC)cc2)cc1. The van der Waals surface area contributed by atoms with E-state index in [1.807, 2.05) is 31.2 Å². The van der Waals surface area contributed by atoms with Crippen LogP contribution in [0.15, 0.2) is 48.5 Å². The van der Waals surface area contributed by atoms with Gasteiger partial charge in [0.1, 0.15) is 5.75 Å². The molecule has 0 fully saturated rings. The highest BCUT2D eigenvalue weighted by Gasteiger charge is 2.17. The summed E-state index contributed by atoms with van der Waals surface area (Å²) in [7, 11) is 2.93. The van der Waals surface area contributed by atoms with E-state index < -0.39 is 5.97 Å². The van der Waals surface area contributed by atoms with Crippen molar-refractivity contribution in [2.45, 2.75) is 12.8 Å². The molecule has 0 N–H and O–H groups in total. The molecular weight excluding hydrogens is 280 g/mol. The van der Waals surface area contributed by atoms with Crippen molar-refractivity contribution in [3.05, 3.63) is 65.2 Å². The molecule has 114 valence electrons. The van der Waals surface area contributed by atoms with Crippen LogP contribution in [-0.4, -0.2) is 26.0 Å². The number of methoxy groups -OCH3 is 2. The minimum atomic E-state index is -0.415. The molecule has 22 heavy (non-hydrogen) atoms. The molecule has 0 radical (unpaired) electrons. The van der Waals surface area contributed by atoms with Gasteiger partial charge in [-0.1, -0.05) is 31.2 Å². The zero-order valence-electron chi connectivity index (χ0n) is 12.8. The Hall–Kier alpha value is -2.62. The number of benzene rings is 2. The summed E-state index contributed by atoms with van der Waals surface area (Å²) >= 11 is 0. The topological polar surface area (TPSA) is 52.6 Å². The van der Waals surface area contributed by atoms with E-state index in [1.165, 1.54) is 7.11 Å². The van der Waals surface area contributed by atoms with Crippen molar-refractivity contribution in [2.75, 3.05) is 14.2 Å². The van der Waals surface area contributed by atoms with Crippen molar-refractivity contribution in [1.29, 1.82) is 0 Å². The highest BCUT2D eigenvalue weighted by molar-refractivity contribution is 6.01. The lowest BCUT2D eigenvalue weighted by atomic mass is 9.92. The number of ketones is 1. The van der Waals surface area contributed by atoms with E-state index >= 15 is 0 Å². The average Bonchev–Trinajstić information content (AvgIpc) is 2.60. The molecule has 2 rings (SSSR count). The Labute approximate surface area is 129 Å². The van der Waals surface area contributed by atoms with Gasteiger partial charge in [0.05, 0.1) is 19.8 Å². The van der Waals surface area contributed by atoms with Gasteiger partial charge in [-0.15, -0.1) is 0 Å². The Kier molecular flexibility index (Phi) is 4.94. The number of hydrogen-bond donors (Lipinski definition) is 0. The van der Waals surface area contributed by atoms with Crippen molar-refractivity contribution < 1.29 is 19.1 Å². The van der Waals surface area contributed by atoms with Gasteiger partial charge >= 0.3 is 5.97 Å². The minimum Gasteiger partial charge on any atom is -0.497 e. The molecule has 0 aliphatic rings. The van der Waals surface area contributed by atoms with Crippen LogP contribution in [0.25, 0.3) is 0 Å². The zero-order valence-corrected chi connectivity index (χ0v) is 12.8. The first-order chi connectivity index (χ1) is 10.6. The van der Waals surface area contributed by atoms with Crippen molar-refractivity contribution in [1.82, 2.24) is 0 Å². The van der Waals surface area contributed by atoms with E-state index in [4.69, 9.17) is 4.74 Å². The smallest absolute Gasteiger partial charge is 0.337 e. The van der Waals surface area contributed by atoms with Crippen LogP contribution in [0.5, 0.6) is 5.75 Å². The van der Waals surface area contributed by atoms with Gasteiger partial charge in [0.15, 0.2) is 5.78 Å². The molecule has 1 unspecified atom stereocenters. The molecule has 0 bridgehead atoms. The van der Waals surface area contributed by atoms with Gasteiger partial charge in [-0.25, -0.2) is 4.79 Å². The molecule has 0 aromatic heterocycles. The van der Waals surface area contributed by atoms with Crippen LogP contribution in [-0.2, 0) is 4.74 Å². The Balaban J connectivity index is 2.17. The second-order valence-electron chi connectivity index (χ2n) is 4.93. The summed E-state index contributed by atoms with van der Waals surface area (Å²) in [6.45, 7) is 1.86. The molecule has 0 spiro atoms. The molecule has 2 aromatic carbocycles. The molecule has 0 heterocycles. The summed E-state index contributed by atoms with van der Waals surface area (Å²) in [6.07, 6.45) is 0. The summed E-state index contributed by atoms with van der Waals surface area (Å²) < 4.78 is 9.75. The summed E-state index contributed by atoms with van der Waals surface area (Å²) in [4.78, 5) is 23.9. The lowest BCUT2D eigenvalue weighted by Crippen LogP contribution is -2.10. The number of rotatable bonds is 5. The standard InChI is InChI=1S/C18H18O4/c1-12(13-8-10-16(21-2)11-9-13)17(19)14-4-6-15(7-5-14)18(20)22-3/h4-12H,1-3H3. The third kappa shape index (κ3) is 3.34. The maximum absolute atomic E-state index is 12.5. The molecule has 0 saturated heterocycles. The first kappa shape index (κ1) is 15.8. The van der Waals surface area contributed by atoms with Crippen molar-refractivity contribution in [3.8, 4) is 5.75 Å². The molecule has 2 aromatic rings. The number of ether oxygens (including phenoxy) is 2. The Bertz CT molecular complexity index is 656. The number of carbonyl (C=O) groups excluding carboxylic acids is 2. The molecular formula is C18H18O4. The van der Waals surface area contributed by atoms with Crippen LogP contribution in [0, 0.1) is 0 Å². The third-order valence-electron chi connectivity index (χ3n) is 3.60. The first-order valence-corrected chi connectivity index (χ1v) is 6.93. The van der Waals surface area contributed by atoms with Crippen molar-refractivity contribution in [2.24, 2.45) is 0 Å². The minimum absolute atomic E-state index is 0.00147. The van der Waals surface area contributed by atoms with Crippen LogP contribution in [0.1, 0.15) is 39.1 Å². The molecule has 0 amide bonds. The second-order valence-corrected chi connectivity index (χ2v) is 4.93. The highest BCUT2D eigenvalue weighted by atomic mass is 16.5. The second kappa shape index (κ2) is 6.89. The van der Waals surface area contributed by atoms with E-state index in [1.54, 1.807) is 31.4 Å². The molecule has 1 atom stereocenters. The lowest BCUT2D eigenvalue weighted by Gasteiger charge is -2.12. The Morgan fingerprint density at radius 3 is 1.91 bits per heavy atom. The molecule has 0 saturated carbocycles. The normalized spacial score (nSPS) is 11.6. The van der Waals surface area contributed by atoms with E-state index in [2.05, 4.69) is 4.74 Å². The maximum atomic E-state index is 12.5. The van der Waals surface area contributed by atoms with Crippen LogP contribution in [0.2, 0.25) is 0 Å². The van der Waals surface area contributed by atoms with Crippen molar-refractivity contribution >= 4 is 11.8 Å². The maximum Gasteiger partial charge on any atom is 0.337 e. The van der Waals surface area contributed by atoms with Gasteiger partial charge in [0, 0.05) is 11.5 Å². The lowest BCUT2D eigenvalue weighted by molar-refractivity contribution is 0.0600. The van der Waals surface area contributed by atoms with Gasteiger partial charge in [0.25, 0.3) is 0 Å². The van der Waals surface area contributed by atoms with Crippen LogP contribution < -0.4 is 4.74 Å². The number of carbonyl (C=O) groups is 2. The summed E-state index contributed by atoms with van der Waals surface area (Å²) in [5, 5.41) is 0. The fraction of sp³-hybridized carbons (Fsp3) is 0.222. The largest absolute Gasteiger partial charge is 0.497 e. The fourth-order valence-electron chi connectivity index (χ4n) is 2.18. The summed E-state index contributed by atoms with van der Waals surface area (Å²) in [5.74, 6) is 0.0736. The summed E-state index contributed by atoms with van der Waals surface area (Å²) in [5.41, 5.74) is 1.91. The van der Waals surface area contributed by atoms with E-state index in [-0.39, 0.29) is 11.7 Å². The molecule has 0 aliphatic carbocycles. The van der Waals surface area contributed by atoms with Crippen LogP contribution in [0.4, 0.5) is 0 Å². The average molecular weight is 298 g/mol. The monoisotopic (exact) mass is 298 g/mol. The third-order valence-corrected chi connectivity index (χ3v) is 3.60. The van der Waals surface area contributed by atoms with Crippen molar-refractivity contribution in [3.63, 3.8) is 0 Å². The number of esters is 1. The first-order valence-electron chi connectivity index (χ1n) is 6.93. The van der Waals surface area contributed by atoms with Crippen LogP contribution >= 0.6 is 0 Å².